The summed E-state index contributed by atoms with van der Waals surface area (Å²) in [4.78, 5) is 22.8. The van der Waals surface area contributed by atoms with Gasteiger partial charge in [0.25, 0.3) is 5.91 Å². The van der Waals surface area contributed by atoms with Crippen molar-refractivity contribution in [3.8, 4) is 0 Å². The molecule has 2 aliphatic heterocycles. The Morgan fingerprint density at radius 2 is 1.45 bits per heavy atom. The normalized spacial score (nSPS) is 21.0. The van der Waals surface area contributed by atoms with Gasteiger partial charge in [-0.05, 0) is 24.6 Å². The molecule has 1 aromatic carbocycles. The second-order valence-electron chi connectivity index (χ2n) is 7.32. The molecule has 2 fully saturated rings. The molecule has 13 heteroatoms. The van der Waals surface area contributed by atoms with Gasteiger partial charge in [0.2, 0.25) is 5.95 Å². The molecule has 2 atom stereocenters. The third-order valence-electron chi connectivity index (χ3n) is 5.40. The maximum absolute atomic E-state index is 13.2. The van der Waals surface area contributed by atoms with Gasteiger partial charge in [0, 0.05) is 37.2 Å². The smallest absolute Gasteiger partial charge is 0.365 e. The number of aromatic nitrogens is 2. The molecule has 0 saturated carbocycles. The second-order valence-corrected chi connectivity index (χ2v) is 7.32. The average molecular weight is 447 g/mol. The highest BCUT2D eigenvalue weighted by molar-refractivity contribution is 5.92. The number of piperazine rings is 1. The Morgan fingerprint density at radius 3 is 1.90 bits per heavy atom. The number of carbonyl (C=O) groups is 1. The lowest BCUT2D eigenvalue weighted by Crippen LogP contribution is -2.47. The standard InChI is InChI=1S/C18H15F6N5O2/c19-17(20,21)10-1-11(18(22,23)24)3-12(2-10)28-7-14-4-13(28)8-29(14)16-25-5-9(6-26-16)15(30)27-31/h1-3,5-6,13-14,31H,4,7-8H2,(H,27,30)/t13-,14-/m1/s1. The molecule has 31 heavy (non-hydrogen) atoms. The van der Waals surface area contributed by atoms with Crippen molar-refractivity contribution >= 4 is 17.5 Å². The monoisotopic (exact) mass is 447 g/mol. The van der Waals surface area contributed by atoms with Crippen molar-refractivity contribution in [3.63, 3.8) is 0 Å². The van der Waals surface area contributed by atoms with Gasteiger partial charge < -0.3 is 9.80 Å². The minimum atomic E-state index is -4.91. The summed E-state index contributed by atoms with van der Waals surface area (Å²) in [6.07, 6.45) is -6.88. The first-order valence-corrected chi connectivity index (χ1v) is 9.06. The number of alkyl halides is 6. The lowest BCUT2D eigenvalue weighted by atomic mass is 10.1. The SMILES string of the molecule is O=C(NO)c1cnc(N2C[C@H]3C[C@@H]2CN3c2cc(C(F)(F)F)cc(C(F)(F)F)c2)nc1. The molecular weight excluding hydrogens is 432 g/mol. The summed E-state index contributed by atoms with van der Waals surface area (Å²) in [5, 5.41) is 8.62. The molecule has 4 rings (SSSR count). The quantitative estimate of drug-likeness (QED) is 0.428. The van der Waals surface area contributed by atoms with Gasteiger partial charge in [-0.25, -0.2) is 15.4 Å². The highest BCUT2D eigenvalue weighted by Gasteiger charge is 2.46. The van der Waals surface area contributed by atoms with Crippen molar-refractivity contribution in [2.24, 2.45) is 0 Å². The van der Waals surface area contributed by atoms with E-state index in [1.54, 1.807) is 9.80 Å². The zero-order valence-electron chi connectivity index (χ0n) is 15.6. The zero-order valence-corrected chi connectivity index (χ0v) is 15.6. The van der Waals surface area contributed by atoms with Crippen LogP contribution < -0.4 is 15.3 Å². The molecule has 166 valence electrons. The molecule has 2 saturated heterocycles. The van der Waals surface area contributed by atoms with Crippen LogP contribution in [0.3, 0.4) is 0 Å². The predicted molar refractivity (Wildman–Crippen MR) is 94.6 cm³/mol. The van der Waals surface area contributed by atoms with Crippen molar-refractivity contribution in [3.05, 3.63) is 47.3 Å². The second kappa shape index (κ2) is 7.25. The maximum Gasteiger partial charge on any atom is 0.416 e. The molecule has 1 amide bonds. The first-order valence-electron chi connectivity index (χ1n) is 9.06. The summed E-state index contributed by atoms with van der Waals surface area (Å²) in [5.41, 5.74) is -1.35. The van der Waals surface area contributed by atoms with E-state index in [2.05, 4.69) is 9.97 Å². The van der Waals surface area contributed by atoms with Gasteiger partial charge in [-0.15, -0.1) is 0 Å². The van der Waals surface area contributed by atoms with Crippen LogP contribution in [0, 0.1) is 0 Å². The van der Waals surface area contributed by atoms with Gasteiger partial charge >= 0.3 is 12.4 Å². The first-order chi connectivity index (χ1) is 14.5. The maximum atomic E-state index is 13.2. The van der Waals surface area contributed by atoms with Crippen molar-refractivity contribution in [2.75, 3.05) is 22.9 Å². The fourth-order valence-electron chi connectivity index (χ4n) is 3.98. The Kier molecular flexibility index (Phi) is 4.95. The third-order valence-corrected chi connectivity index (χ3v) is 5.40. The van der Waals surface area contributed by atoms with E-state index in [1.165, 1.54) is 17.9 Å². The number of benzene rings is 1. The van der Waals surface area contributed by atoms with Crippen molar-refractivity contribution in [2.45, 2.75) is 30.9 Å². The van der Waals surface area contributed by atoms with Crippen molar-refractivity contribution < 1.29 is 36.3 Å². The van der Waals surface area contributed by atoms with Gasteiger partial charge in [-0.2, -0.15) is 26.3 Å². The van der Waals surface area contributed by atoms with Crippen LogP contribution in [0.5, 0.6) is 0 Å². The molecule has 1 aromatic heterocycles. The van der Waals surface area contributed by atoms with Gasteiger partial charge in [0.05, 0.1) is 22.7 Å². The molecule has 3 heterocycles. The number of nitrogens with zero attached hydrogens (tertiary/aromatic N) is 4. The van der Waals surface area contributed by atoms with Gasteiger partial charge in [0.15, 0.2) is 0 Å². The molecule has 0 aliphatic carbocycles. The van der Waals surface area contributed by atoms with Gasteiger partial charge in [-0.1, -0.05) is 0 Å². The first kappa shape index (κ1) is 21.2. The van der Waals surface area contributed by atoms with Crippen LogP contribution in [0.4, 0.5) is 38.0 Å². The third kappa shape index (κ3) is 3.96. The van der Waals surface area contributed by atoms with E-state index in [1.807, 2.05) is 0 Å². The fraction of sp³-hybridized carbons (Fsp3) is 0.389. The number of anilines is 2. The van der Waals surface area contributed by atoms with Crippen LogP contribution in [0.15, 0.2) is 30.6 Å². The topological polar surface area (TPSA) is 81.6 Å². The molecular formula is C18H15F6N5O2. The Labute approximate surface area is 171 Å². The van der Waals surface area contributed by atoms with E-state index in [0.29, 0.717) is 13.0 Å². The van der Waals surface area contributed by atoms with E-state index in [-0.39, 0.29) is 41.9 Å². The molecule has 2 bridgehead atoms. The summed E-state index contributed by atoms with van der Waals surface area (Å²) >= 11 is 0. The summed E-state index contributed by atoms with van der Waals surface area (Å²) in [6, 6.07) is 1.05. The Hall–Kier alpha value is -3.09. The van der Waals surface area contributed by atoms with E-state index < -0.39 is 29.4 Å². The number of carbonyl (C=O) groups excluding carboxylic acids is 1. The van der Waals surface area contributed by atoms with E-state index >= 15 is 0 Å². The number of hydrogen-bond acceptors (Lipinski definition) is 6. The van der Waals surface area contributed by atoms with Crippen molar-refractivity contribution in [1.82, 2.24) is 15.4 Å². The number of hydroxylamine groups is 1. The molecule has 0 unspecified atom stereocenters. The minimum absolute atomic E-state index is 0.0286. The highest BCUT2D eigenvalue weighted by atomic mass is 19.4. The molecule has 0 spiro atoms. The van der Waals surface area contributed by atoms with Gasteiger partial charge in [-0.3, -0.25) is 10.0 Å². The van der Waals surface area contributed by atoms with Crippen LogP contribution in [0.25, 0.3) is 0 Å². The molecule has 2 aromatic rings. The number of fused-ring (bicyclic) bond motifs is 2. The van der Waals surface area contributed by atoms with E-state index in [9.17, 15) is 31.1 Å². The number of halogens is 6. The summed E-state index contributed by atoms with van der Waals surface area (Å²) in [7, 11) is 0. The van der Waals surface area contributed by atoms with Crippen molar-refractivity contribution in [1.29, 1.82) is 0 Å². The minimum Gasteiger partial charge on any atom is -0.365 e. The lowest BCUT2D eigenvalue weighted by molar-refractivity contribution is -0.143. The van der Waals surface area contributed by atoms with Crippen LogP contribution >= 0.6 is 0 Å². The number of hydrogen-bond donors (Lipinski definition) is 2. The molecule has 2 N–H and O–H groups in total. The molecule has 0 radical (unpaired) electrons. The van der Waals surface area contributed by atoms with Crippen LogP contribution in [0.1, 0.15) is 27.9 Å². The molecule has 7 nitrogen and oxygen atoms in total. The fourth-order valence-corrected chi connectivity index (χ4v) is 3.98. The highest BCUT2D eigenvalue weighted by Crippen LogP contribution is 2.42. The largest absolute Gasteiger partial charge is 0.416 e. The summed E-state index contributed by atoms with van der Waals surface area (Å²) in [5.74, 6) is -0.507. The Bertz CT molecular complexity index is 962. The van der Waals surface area contributed by atoms with Gasteiger partial charge in [0.1, 0.15) is 0 Å². The zero-order chi connectivity index (χ0) is 22.6. The predicted octanol–water partition coefficient (Wildman–Crippen LogP) is 3.10. The van der Waals surface area contributed by atoms with E-state index in [0.717, 1.165) is 12.1 Å². The summed E-state index contributed by atoms with van der Waals surface area (Å²) in [6.45, 7) is 0.499. The summed E-state index contributed by atoms with van der Waals surface area (Å²) < 4.78 is 78.9. The number of rotatable bonds is 3. The molecule has 2 aliphatic rings. The Morgan fingerprint density at radius 1 is 0.935 bits per heavy atom. The van der Waals surface area contributed by atoms with Crippen LogP contribution in [0.2, 0.25) is 0 Å². The lowest BCUT2D eigenvalue weighted by Gasteiger charge is -2.36. The number of nitrogens with one attached hydrogen (secondary N) is 1. The number of amides is 1. The van der Waals surface area contributed by atoms with Crippen LogP contribution in [-0.2, 0) is 12.4 Å². The van der Waals surface area contributed by atoms with E-state index in [4.69, 9.17) is 5.21 Å². The van der Waals surface area contributed by atoms with Crippen LogP contribution in [-0.4, -0.2) is 46.3 Å². The average Bonchev–Trinajstić information content (AvgIpc) is 3.33. The Balaban J connectivity index is 1.57.